The van der Waals surface area contributed by atoms with Crippen molar-refractivity contribution in [1.82, 2.24) is 9.80 Å². The lowest BCUT2D eigenvalue weighted by Gasteiger charge is -2.37. The fourth-order valence-corrected chi connectivity index (χ4v) is 3.44. The highest BCUT2D eigenvalue weighted by Gasteiger charge is 2.37. The van der Waals surface area contributed by atoms with Gasteiger partial charge in [0.05, 0.1) is 6.54 Å². The lowest BCUT2D eigenvalue weighted by atomic mass is 10.0. The first-order valence-corrected chi connectivity index (χ1v) is 9.06. The van der Waals surface area contributed by atoms with Crippen LogP contribution in [0.4, 0.5) is 4.79 Å². The summed E-state index contributed by atoms with van der Waals surface area (Å²) >= 11 is 0. The largest absolute Gasteiger partial charge is 0.480 e. The number of ether oxygens (including phenoxy) is 1. The van der Waals surface area contributed by atoms with Crippen LogP contribution in [0.2, 0.25) is 0 Å². The first-order valence-electron chi connectivity index (χ1n) is 9.06. The van der Waals surface area contributed by atoms with Crippen molar-refractivity contribution in [2.75, 3.05) is 19.6 Å². The van der Waals surface area contributed by atoms with E-state index in [1.165, 1.54) is 0 Å². The van der Waals surface area contributed by atoms with Crippen molar-refractivity contribution in [3.8, 4) is 0 Å². The number of piperidine rings is 1. The molecule has 0 aromatic heterocycles. The van der Waals surface area contributed by atoms with Gasteiger partial charge in [-0.1, -0.05) is 36.8 Å². The number of carboxylic acid groups (broad SMARTS) is 1. The highest BCUT2D eigenvalue weighted by molar-refractivity contribution is 5.69. The standard InChI is InChI=1S/C19H26N2O4/c22-18(23)13-20-11-5-4-8-17(20)12-21(16-9-10-16)19(24)25-14-15-6-2-1-3-7-15/h1-3,6-7,16-17H,4-5,8-14H2,(H,22,23). The van der Waals surface area contributed by atoms with Crippen LogP contribution in [-0.4, -0.2) is 58.7 Å². The molecule has 3 rings (SSSR count). The number of amides is 1. The second kappa shape index (κ2) is 8.34. The van der Waals surface area contributed by atoms with Crippen LogP contribution in [0, 0.1) is 0 Å². The van der Waals surface area contributed by atoms with Crippen LogP contribution in [0.3, 0.4) is 0 Å². The van der Waals surface area contributed by atoms with E-state index < -0.39 is 5.97 Å². The molecule has 1 saturated carbocycles. The molecule has 1 heterocycles. The maximum Gasteiger partial charge on any atom is 0.410 e. The van der Waals surface area contributed by atoms with Crippen molar-refractivity contribution in [3.63, 3.8) is 0 Å². The van der Waals surface area contributed by atoms with Crippen molar-refractivity contribution in [2.24, 2.45) is 0 Å². The van der Waals surface area contributed by atoms with Gasteiger partial charge in [-0.3, -0.25) is 9.69 Å². The monoisotopic (exact) mass is 346 g/mol. The van der Waals surface area contributed by atoms with Crippen LogP contribution in [0.15, 0.2) is 30.3 Å². The highest BCUT2D eigenvalue weighted by atomic mass is 16.6. The van der Waals surface area contributed by atoms with Crippen molar-refractivity contribution < 1.29 is 19.4 Å². The Kier molecular flexibility index (Phi) is 5.91. The minimum absolute atomic E-state index is 0.0439. The summed E-state index contributed by atoms with van der Waals surface area (Å²) in [6.45, 7) is 1.66. The van der Waals surface area contributed by atoms with Crippen LogP contribution in [0.25, 0.3) is 0 Å². The number of likely N-dealkylation sites (tertiary alicyclic amines) is 1. The molecule has 2 aliphatic rings. The van der Waals surface area contributed by atoms with Gasteiger partial charge in [-0.25, -0.2) is 4.79 Å². The van der Waals surface area contributed by atoms with Gasteiger partial charge in [0.2, 0.25) is 0 Å². The van der Waals surface area contributed by atoms with Gasteiger partial charge in [-0.2, -0.15) is 0 Å². The third-order valence-corrected chi connectivity index (χ3v) is 4.92. The summed E-state index contributed by atoms with van der Waals surface area (Å²) in [5.74, 6) is -0.809. The predicted molar refractivity (Wildman–Crippen MR) is 93.2 cm³/mol. The fraction of sp³-hybridized carbons (Fsp3) is 0.579. The van der Waals surface area contributed by atoms with E-state index in [4.69, 9.17) is 9.84 Å². The summed E-state index contributed by atoms with van der Waals surface area (Å²) in [5.41, 5.74) is 0.969. The third-order valence-electron chi connectivity index (χ3n) is 4.92. The van der Waals surface area contributed by atoms with Crippen LogP contribution in [-0.2, 0) is 16.1 Å². The molecular weight excluding hydrogens is 320 g/mol. The second-order valence-electron chi connectivity index (χ2n) is 6.94. The molecule has 1 unspecified atom stereocenters. The smallest absolute Gasteiger partial charge is 0.410 e. The van der Waals surface area contributed by atoms with E-state index in [0.717, 1.165) is 44.2 Å². The summed E-state index contributed by atoms with van der Waals surface area (Å²) in [4.78, 5) is 27.5. The Morgan fingerprint density at radius 1 is 1.16 bits per heavy atom. The number of benzene rings is 1. The van der Waals surface area contributed by atoms with E-state index in [2.05, 4.69) is 0 Å². The van der Waals surface area contributed by atoms with Gasteiger partial charge in [-0.15, -0.1) is 0 Å². The first-order chi connectivity index (χ1) is 12.1. The second-order valence-corrected chi connectivity index (χ2v) is 6.94. The molecule has 1 aliphatic heterocycles. The number of aliphatic carboxylic acids is 1. The molecule has 6 heteroatoms. The van der Waals surface area contributed by atoms with E-state index >= 15 is 0 Å². The van der Waals surface area contributed by atoms with Gasteiger partial charge in [0, 0.05) is 18.6 Å². The zero-order valence-corrected chi connectivity index (χ0v) is 14.5. The van der Waals surface area contributed by atoms with Gasteiger partial charge < -0.3 is 14.7 Å². The maximum absolute atomic E-state index is 12.6. The number of carbonyl (C=O) groups is 2. The molecule has 1 aliphatic carbocycles. The van der Waals surface area contributed by atoms with E-state index in [1.807, 2.05) is 40.1 Å². The minimum Gasteiger partial charge on any atom is -0.480 e. The molecule has 1 atom stereocenters. The van der Waals surface area contributed by atoms with Crippen molar-refractivity contribution in [2.45, 2.75) is 50.8 Å². The summed E-state index contributed by atoms with van der Waals surface area (Å²) in [6.07, 6.45) is 4.76. The Labute approximate surface area is 148 Å². The average Bonchev–Trinajstić information content (AvgIpc) is 3.44. The molecular formula is C19H26N2O4. The Hall–Kier alpha value is -2.08. The Balaban J connectivity index is 1.58. The van der Waals surface area contributed by atoms with Crippen LogP contribution < -0.4 is 0 Å². The highest BCUT2D eigenvalue weighted by Crippen LogP contribution is 2.29. The molecule has 1 amide bonds. The Bertz CT molecular complexity index is 588. The van der Waals surface area contributed by atoms with E-state index in [9.17, 15) is 9.59 Å². The third kappa shape index (κ3) is 5.19. The van der Waals surface area contributed by atoms with Crippen molar-refractivity contribution in [3.05, 3.63) is 35.9 Å². The Morgan fingerprint density at radius 2 is 1.92 bits per heavy atom. The maximum atomic E-state index is 12.6. The molecule has 1 saturated heterocycles. The number of hydrogen-bond acceptors (Lipinski definition) is 4. The number of rotatable bonds is 7. The number of hydrogen-bond donors (Lipinski definition) is 1. The Morgan fingerprint density at radius 3 is 2.60 bits per heavy atom. The minimum atomic E-state index is -0.809. The topological polar surface area (TPSA) is 70.1 Å². The van der Waals surface area contributed by atoms with Crippen LogP contribution in [0.5, 0.6) is 0 Å². The van der Waals surface area contributed by atoms with Gasteiger partial charge in [-0.05, 0) is 37.8 Å². The van der Waals surface area contributed by atoms with Gasteiger partial charge in [0.15, 0.2) is 0 Å². The summed E-state index contributed by atoms with van der Waals surface area (Å²) in [5, 5.41) is 9.11. The van der Waals surface area contributed by atoms with Crippen LogP contribution >= 0.6 is 0 Å². The number of carbonyl (C=O) groups excluding carboxylic acids is 1. The van der Waals surface area contributed by atoms with E-state index in [0.29, 0.717) is 6.54 Å². The van der Waals surface area contributed by atoms with Crippen LogP contribution in [0.1, 0.15) is 37.7 Å². The summed E-state index contributed by atoms with van der Waals surface area (Å²) in [6, 6.07) is 10.0. The van der Waals surface area contributed by atoms with Gasteiger partial charge in [0.25, 0.3) is 0 Å². The quantitative estimate of drug-likeness (QED) is 0.822. The zero-order chi connectivity index (χ0) is 17.6. The van der Waals surface area contributed by atoms with Gasteiger partial charge in [0.1, 0.15) is 6.61 Å². The molecule has 136 valence electrons. The fourth-order valence-electron chi connectivity index (χ4n) is 3.44. The predicted octanol–water partition coefficient (Wildman–Crippen LogP) is 2.73. The first kappa shape index (κ1) is 17.7. The molecule has 25 heavy (non-hydrogen) atoms. The molecule has 1 aromatic carbocycles. The molecule has 2 fully saturated rings. The lowest BCUT2D eigenvalue weighted by Crippen LogP contribution is -2.50. The number of nitrogens with zero attached hydrogens (tertiary/aromatic N) is 2. The van der Waals surface area contributed by atoms with Crippen molar-refractivity contribution in [1.29, 1.82) is 0 Å². The number of carboxylic acids is 1. The molecule has 1 N–H and O–H groups in total. The van der Waals surface area contributed by atoms with Crippen molar-refractivity contribution >= 4 is 12.1 Å². The van der Waals surface area contributed by atoms with Gasteiger partial charge >= 0.3 is 12.1 Å². The van der Waals surface area contributed by atoms with E-state index in [1.54, 1.807) is 0 Å². The molecule has 0 spiro atoms. The molecule has 1 aromatic rings. The molecule has 0 radical (unpaired) electrons. The summed E-state index contributed by atoms with van der Waals surface area (Å²) < 4.78 is 5.50. The van der Waals surface area contributed by atoms with E-state index in [-0.39, 0.29) is 31.3 Å². The lowest BCUT2D eigenvalue weighted by molar-refractivity contribution is -0.139. The summed E-state index contributed by atoms with van der Waals surface area (Å²) in [7, 11) is 0. The molecule has 6 nitrogen and oxygen atoms in total. The zero-order valence-electron chi connectivity index (χ0n) is 14.5. The molecule has 0 bridgehead atoms. The SMILES string of the molecule is O=C(O)CN1CCCCC1CN(C(=O)OCc1ccccc1)C1CC1. The average molecular weight is 346 g/mol. The normalized spacial score (nSPS) is 20.9.